The molecule has 10 heteroatoms. The molecule has 0 unspecified atom stereocenters. The highest BCUT2D eigenvalue weighted by Crippen LogP contribution is 2.50. The van der Waals surface area contributed by atoms with Crippen molar-refractivity contribution in [3.05, 3.63) is 98.3 Å². The van der Waals surface area contributed by atoms with Crippen LogP contribution in [0.4, 0.5) is 21.5 Å². The molecule has 0 aromatic heterocycles. The number of aryl methyl sites for hydroxylation is 2. The van der Waals surface area contributed by atoms with Crippen LogP contribution < -0.4 is 9.96 Å². The number of carbonyl (C=O) groups excluding carboxylic acids is 2. The highest BCUT2D eigenvalue weighted by Gasteiger charge is 2.61. The Morgan fingerprint density at radius 3 is 2.46 bits per heavy atom. The van der Waals surface area contributed by atoms with Crippen LogP contribution in [0.2, 0.25) is 5.02 Å². The summed E-state index contributed by atoms with van der Waals surface area (Å²) in [6, 6.07) is 13.8. The number of hydrogen-bond acceptors (Lipinski definition) is 6. The molecule has 0 radical (unpaired) electrons. The number of anilines is 2. The third-order valence-electron chi connectivity index (χ3n) is 6.30. The summed E-state index contributed by atoms with van der Waals surface area (Å²) >= 11 is 6.37. The van der Waals surface area contributed by atoms with Crippen LogP contribution in [0, 0.1) is 35.7 Å². The minimum Gasteiger partial charge on any atom is -0.273 e. The number of nitrogens with zero attached hydrogens (tertiary/aromatic N) is 3. The molecule has 2 saturated heterocycles. The van der Waals surface area contributed by atoms with Crippen molar-refractivity contribution in [3.63, 3.8) is 0 Å². The van der Waals surface area contributed by atoms with Gasteiger partial charge in [-0.15, -0.1) is 0 Å². The summed E-state index contributed by atoms with van der Waals surface area (Å²) < 4.78 is 15.1. The van der Waals surface area contributed by atoms with E-state index in [2.05, 4.69) is 0 Å². The monoisotopic (exact) mass is 495 g/mol. The molecular weight excluding hydrogens is 477 g/mol. The van der Waals surface area contributed by atoms with Crippen LogP contribution in [-0.2, 0) is 14.4 Å². The fourth-order valence-electron chi connectivity index (χ4n) is 4.76. The van der Waals surface area contributed by atoms with E-state index < -0.39 is 40.6 Å². The molecule has 5 rings (SSSR count). The van der Waals surface area contributed by atoms with Gasteiger partial charge in [-0.25, -0.2) is 14.4 Å². The van der Waals surface area contributed by atoms with Crippen molar-refractivity contribution >= 4 is 40.5 Å². The summed E-state index contributed by atoms with van der Waals surface area (Å²) in [6.07, 6.45) is -1.26. The van der Waals surface area contributed by atoms with Gasteiger partial charge in [-0.3, -0.25) is 24.5 Å². The number of fused-ring (bicyclic) bond motifs is 1. The average Bonchev–Trinajstić information content (AvgIpc) is 3.30. The van der Waals surface area contributed by atoms with Crippen LogP contribution in [0.25, 0.3) is 0 Å². The number of carbonyl (C=O) groups is 2. The number of nitro benzene ring substituents is 1. The Balaban J connectivity index is 1.65. The van der Waals surface area contributed by atoms with Crippen LogP contribution >= 0.6 is 11.6 Å². The van der Waals surface area contributed by atoms with Gasteiger partial charge in [-0.2, -0.15) is 0 Å². The van der Waals surface area contributed by atoms with Crippen molar-refractivity contribution in [1.29, 1.82) is 0 Å². The summed E-state index contributed by atoms with van der Waals surface area (Å²) in [5, 5.41) is 12.6. The lowest BCUT2D eigenvalue weighted by Gasteiger charge is -2.29. The first kappa shape index (κ1) is 22.9. The molecule has 2 heterocycles. The summed E-state index contributed by atoms with van der Waals surface area (Å²) in [5.41, 5.74) is 2.05. The minimum atomic E-state index is -1.26. The van der Waals surface area contributed by atoms with E-state index in [1.807, 2.05) is 13.0 Å². The Morgan fingerprint density at radius 2 is 1.77 bits per heavy atom. The van der Waals surface area contributed by atoms with Crippen LogP contribution in [0.1, 0.15) is 22.7 Å². The van der Waals surface area contributed by atoms with Crippen LogP contribution in [0.5, 0.6) is 0 Å². The van der Waals surface area contributed by atoms with Gasteiger partial charge in [0, 0.05) is 22.7 Å². The summed E-state index contributed by atoms with van der Waals surface area (Å²) in [7, 11) is 0. The standard InChI is InChI=1S/C25H19ClFN3O5/c1-13-9-10-19(14(2)11-13)28-24(31)21-22(20-17(26)7-4-8-18(20)27)29(35-23(21)25(28)32)15-5-3-6-16(12-15)30(33)34/h3-12,21-23H,1-2H3/t21-,22-,23+/m0/s1. The first-order valence-electron chi connectivity index (χ1n) is 10.8. The number of non-ortho nitro benzene ring substituents is 1. The number of halogens is 2. The van der Waals surface area contributed by atoms with Crippen molar-refractivity contribution in [2.75, 3.05) is 9.96 Å². The molecule has 8 nitrogen and oxygen atoms in total. The van der Waals surface area contributed by atoms with E-state index in [4.69, 9.17) is 16.4 Å². The molecule has 0 bridgehead atoms. The summed E-state index contributed by atoms with van der Waals surface area (Å²) in [4.78, 5) is 44.9. The maximum atomic E-state index is 15.1. The van der Waals surface area contributed by atoms with Crippen molar-refractivity contribution in [2.24, 2.45) is 5.92 Å². The fraction of sp³-hybridized carbons (Fsp3) is 0.200. The maximum absolute atomic E-state index is 15.1. The Labute approximate surface area is 204 Å². The Morgan fingerprint density at radius 1 is 1.03 bits per heavy atom. The number of nitro groups is 1. The first-order valence-corrected chi connectivity index (χ1v) is 11.2. The van der Waals surface area contributed by atoms with E-state index in [0.29, 0.717) is 5.69 Å². The van der Waals surface area contributed by atoms with Gasteiger partial charge < -0.3 is 0 Å². The molecule has 35 heavy (non-hydrogen) atoms. The molecule has 0 N–H and O–H groups in total. The predicted octanol–water partition coefficient (Wildman–Crippen LogP) is 5.06. The van der Waals surface area contributed by atoms with Crippen molar-refractivity contribution in [1.82, 2.24) is 0 Å². The van der Waals surface area contributed by atoms with E-state index in [-0.39, 0.29) is 22.0 Å². The average molecular weight is 496 g/mol. The van der Waals surface area contributed by atoms with Crippen LogP contribution in [-0.4, -0.2) is 22.8 Å². The molecule has 0 spiro atoms. The normalized spacial score (nSPS) is 21.5. The summed E-state index contributed by atoms with van der Waals surface area (Å²) in [5.74, 6) is -2.98. The third-order valence-corrected chi connectivity index (χ3v) is 6.63. The largest absolute Gasteiger partial charge is 0.273 e. The number of amides is 2. The summed E-state index contributed by atoms with van der Waals surface area (Å²) in [6.45, 7) is 3.69. The zero-order valence-electron chi connectivity index (χ0n) is 18.6. The van der Waals surface area contributed by atoms with Gasteiger partial charge in [-0.1, -0.05) is 41.4 Å². The smallest absolute Gasteiger partial charge is 0.271 e. The molecular formula is C25H19ClFN3O5. The van der Waals surface area contributed by atoms with Crippen molar-refractivity contribution in [2.45, 2.75) is 26.0 Å². The second-order valence-electron chi connectivity index (χ2n) is 8.54. The second-order valence-corrected chi connectivity index (χ2v) is 8.94. The molecule has 0 aliphatic carbocycles. The fourth-order valence-corrected chi connectivity index (χ4v) is 5.04. The number of imide groups is 1. The highest BCUT2D eigenvalue weighted by molar-refractivity contribution is 6.31. The number of hydroxylamine groups is 1. The maximum Gasteiger partial charge on any atom is 0.271 e. The highest BCUT2D eigenvalue weighted by atomic mass is 35.5. The zero-order valence-corrected chi connectivity index (χ0v) is 19.4. The SMILES string of the molecule is Cc1ccc(N2C(=O)[C@@H]3[C@@H](ON(c4cccc([N+](=O)[O-])c4)[C@H]3c3c(F)cccc3Cl)C2=O)c(C)c1. The van der Waals surface area contributed by atoms with E-state index in [9.17, 15) is 19.7 Å². The Bertz CT molecular complexity index is 1380. The van der Waals surface area contributed by atoms with E-state index >= 15 is 4.39 Å². The van der Waals surface area contributed by atoms with Gasteiger partial charge in [0.25, 0.3) is 11.6 Å². The Hall–Kier alpha value is -3.82. The lowest BCUT2D eigenvalue weighted by atomic mass is 9.90. The molecule has 3 aromatic carbocycles. The molecule has 2 fully saturated rings. The van der Waals surface area contributed by atoms with Gasteiger partial charge in [-0.05, 0) is 43.7 Å². The topological polar surface area (TPSA) is 93.0 Å². The third kappa shape index (κ3) is 3.64. The molecule has 0 saturated carbocycles. The van der Waals surface area contributed by atoms with Crippen molar-refractivity contribution in [3.8, 4) is 0 Å². The predicted molar refractivity (Wildman–Crippen MR) is 126 cm³/mol. The molecule has 2 aliphatic heterocycles. The van der Waals surface area contributed by atoms with Crippen LogP contribution in [0.3, 0.4) is 0 Å². The number of rotatable bonds is 4. The van der Waals surface area contributed by atoms with Gasteiger partial charge in [0.2, 0.25) is 5.91 Å². The van der Waals surface area contributed by atoms with Gasteiger partial charge in [0.15, 0.2) is 6.10 Å². The number of benzene rings is 3. The minimum absolute atomic E-state index is 0.0307. The van der Waals surface area contributed by atoms with E-state index in [0.717, 1.165) is 16.0 Å². The molecule has 178 valence electrons. The zero-order chi connectivity index (χ0) is 25.0. The lowest BCUT2D eigenvalue weighted by molar-refractivity contribution is -0.384. The van der Waals surface area contributed by atoms with Gasteiger partial charge in [0.05, 0.1) is 16.3 Å². The molecule has 2 aliphatic rings. The van der Waals surface area contributed by atoms with Gasteiger partial charge >= 0.3 is 0 Å². The lowest BCUT2D eigenvalue weighted by Crippen LogP contribution is -2.38. The quantitative estimate of drug-likeness (QED) is 0.285. The number of hydrogen-bond donors (Lipinski definition) is 0. The van der Waals surface area contributed by atoms with Crippen molar-refractivity contribution < 1.29 is 23.7 Å². The van der Waals surface area contributed by atoms with E-state index in [1.54, 1.807) is 19.1 Å². The molecule has 3 aromatic rings. The molecule has 2 amide bonds. The van der Waals surface area contributed by atoms with E-state index in [1.165, 1.54) is 47.5 Å². The molecule has 3 atom stereocenters. The Kier molecular flexibility index (Phi) is 5.53. The van der Waals surface area contributed by atoms with Gasteiger partial charge in [0.1, 0.15) is 17.8 Å². The second kappa shape index (κ2) is 8.44. The van der Waals surface area contributed by atoms with Crippen LogP contribution in [0.15, 0.2) is 60.7 Å². The first-order chi connectivity index (χ1) is 16.7.